The average Bonchev–Trinajstić information content (AvgIpc) is 2.37. The van der Waals surface area contributed by atoms with Crippen LogP contribution in [0.2, 0.25) is 0 Å². The Kier molecular flexibility index (Phi) is 2.98. The van der Waals surface area contributed by atoms with E-state index in [2.05, 4.69) is 4.98 Å². The van der Waals surface area contributed by atoms with Gasteiger partial charge in [-0.05, 0) is 6.07 Å². The summed E-state index contributed by atoms with van der Waals surface area (Å²) in [4.78, 5) is 2.45. The molecule has 0 atom stereocenters. The Morgan fingerprint density at radius 3 is 2.06 bits per heavy atom. The van der Waals surface area contributed by atoms with Crippen LogP contribution in [0.25, 0.3) is 11.1 Å². The number of rotatable bonds is 1. The lowest BCUT2D eigenvalue weighted by Gasteiger charge is -2.07. The molecule has 0 unspecified atom stereocenters. The highest BCUT2D eigenvalue weighted by atomic mass is 19.2. The quantitative estimate of drug-likeness (QED) is 0.577. The van der Waals surface area contributed by atoms with Crippen molar-refractivity contribution in [2.45, 2.75) is 0 Å². The first-order valence-corrected chi connectivity index (χ1v) is 4.75. The first-order valence-electron chi connectivity index (χ1n) is 4.75. The molecule has 0 aliphatic heterocycles. The van der Waals surface area contributed by atoms with Gasteiger partial charge in [-0.1, -0.05) is 18.2 Å². The minimum absolute atomic E-state index is 0.0969. The Bertz CT molecular complexity index is 636. The maximum Gasteiger partial charge on any atom is 0.252 e. The maximum absolute atomic E-state index is 13.5. The smallest absolute Gasteiger partial charge is 0.201 e. The number of benzene rings is 1. The van der Waals surface area contributed by atoms with Crippen LogP contribution in [0.5, 0.6) is 0 Å². The summed E-state index contributed by atoms with van der Waals surface area (Å²) in [5.41, 5.74) is -1.26. The van der Waals surface area contributed by atoms with Gasteiger partial charge in [0.1, 0.15) is 0 Å². The molecule has 0 fully saturated rings. The molecule has 0 aliphatic rings. The van der Waals surface area contributed by atoms with Gasteiger partial charge in [-0.25, -0.2) is 8.78 Å². The predicted octanol–water partition coefficient (Wildman–Crippen LogP) is 3.18. The van der Waals surface area contributed by atoms with E-state index in [1.165, 1.54) is 24.3 Å². The summed E-state index contributed by atoms with van der Waals surface area (Å²) in [6, 6.07) is 7.02. The van der Waals surface area contributed by atoms with Crippen LogP contribution in [0.4, 0.5) is 17.6 Å². The van der Waals surface area contributed by atoms with E-state index in [1.807, 2.05) is 0 Å². The van der Waals surface area contributed by atoms with E-state index in [9.17, 15) is 17.6 Å². The average molecular weight is 252 g/mol. The van der Waals surface area contributed by atoms with Gasteiger partial charge in [0.15, 0.2) is 11.6 Å². The Morgan fingerprint density at radius 1 is 0.944 bits per heavy atom. The van der Waals surface area contributed by atoms with Crippen LogP contribution >= 0.6 is 0 Å². The van der Waals surface area contributed by atoms with E-state index in [0.29, 0.717) is 0 Å². The summed E-state index contributed by atoms with van der Waals surface area (Å²) in [6.45, 7) is 0. The maximum atomic E-state index is 13.5. The van der Waals surface area contributed by atoms with Crippen LogP contribution in [-0.2, 0) is 0 Å². The van der Waals surface area contributed by atoms with Gasteiger partial charge in [-0.2, -0.15) is 19.0 Å². The van der Waals surface area contributed by atoms with Gasteiger partial charge >= 0.3 is 0 Å². The van der Waals surface area contributed by atoms with Crippen LogP contribution in [-0.4, -0.2) is 4.98 Å². The van der Waals surface area contributed by atoms with Gasteiger partial charge in [0.05, 0.1) is 17.2 Å². The van der Waals surface area contributed by atoms with E-state index >= 15 is 0 Å². The molecule has 90 valence electrons. The molecule has 0 N–H and O–H groups in total. The zero-order valence-electron chi connectivity index (χ0n) is 8.72. The van der Waals surface area contributed by atoms with Crippen molar-refractivity contribution in [2.24, 2.45) is 0 Å². The van der Waals surface area contributed by atoms with E-state index < -0.39 is 29.1 Å². The van der Waals surface area contributed by atoms with Gasteiger partial charge in [0, 0.05) is 5.56 Å². The SMILES string of the molecule is N#Cc1ccccc1-c1c(F)c(F)nc(F)c1F. The lowest BCUT2D eigenvalue weighted by molar-refractivity contribution is 0.410. The van der Waals surface area contributed by atoms with Gasteiger partial charge in [0.2, 0.25) is 0 Å². The molecule has 0 saturated heterocycles. The molecule has 1 aromatic heterocycles. The minimum Gasteiger partial charge on any atom is -0.201 e. The normalized spacial score (nSPS) is 10.2. The summed E-state index contributed by atoms with van der Waals surface area (Å²) in [6.07, 6.45) is 0. The summed E-state index contributed by atoms with van der Waals surface area (Å²) < 4.78 is 52.9. The largest absolute Gasteiger partial charge is 0.252 e. The van der Waals surface area contributed by atoms with Gasteiger partial charge in [-0.3, -0.25) is 0 Å². The Hall–Kier alpha value is -2.42. The van der Waals surface area contributed by atoms with Crippen LogP contribution in [0.15, 0.2) is 24.3 Å². The summed E-state index contributed by atoms with van der Waals surface area (Å²) >= 11 is 0. The van der Waals surface area contributed by atoms with Gasteiger partial charge < -0.3 is 0 Å². The molecule has 2 aromatic rings. The Labute approximate surface area is 99.1 Å². The minimum atomic E-state index is -1.75. The van der Waals surface area contributed by atoms with Crippen molar-refractivity contribution in [2.75, 3.05) is 0 Å². The molecule has 2 rings (SSSR count). The molecule has 0 radical (unpaired) electrons. The first kappa shape index (κ1) is 12.0. The van der Waals surface area contributed by atoms with Crippen LogP contribution < -0.4 is 0 Å². The Balaban J connectivity index is 2.84. The molecular formula is C12H4F4N2. The molecule has 6 heteroatoms. The number of pyridine rings is 1. The van der Waals surface area contributed by atoms with Crippen molar-refractivity contribution in [3.05, 3.63) is 53.4 Å². The molecule has 0 aliphatic carbocycles. The highest BCUT2D eigenvalue weighted by Gasteiger charge is 2.23. The van der Waals surface area contributed by atoms with Crippen molar-refractivity contribution in [3.63, 3.8) is 0 Å². The molecule has 0 spiro atoms. The monoisotopic (exact) mass is 252 g/mol. The zero-order chi connectivity index (χ0) is 13.3. The van der Waals surface area contributed by atoms with E-state index in [-0.39, 0.29) is 11.1 Å². The molecule has 0 saturated carbocycles. The van der Waals surface area contributed by atoms with Crippen LogP contribution in [0, 0.1) is 34.9 Å². The number of aromatic nitrogens is 1. The highest BCUT2D eigenvalue weighted by Crippen LogP contribution is 2.30. The van der Waals surface area contributed by atoms with Crippen molar-refractivity contribution in [3.8, 4) is 17.2 Å². The van der Waals surface area contributed by atoms with E-state index in [4.69, 9.17) is 5.26 Å². The third-order valence-corrected chi connectivity index (χ3v) is 2.31. The highest BCUT2D eigenvalue weighted by molar-refractivity contribution is 5.71. The van der Waals surface area contributed by atoms with Crippen molar-refractivity contribution >= 4 is 0 Å². The molecule has 1 aromatic carbocycles. The van der Waals surface area contributed by atoms with Gasteiger partial charge in [0.25, 0.3) is 11.9 Å². The molecule has 18 heavy (non-hydrogen) atoms. The molecular weight excluding hydrogens is 248 g/mol. The van der Waals surface area contributed by atoms with Crippen LogP contribution in [0.3, 0.4) is 0 Å². The molecule has 1 heterocycles. The number of nitriles is 1. The lowest BCUT2D eigenvalue weighted by Crippen LogP contribution is -2.03. The van der Waals surface area contributed by atoms with Crippen molar-refractivity contribution < 1.29 is 17.6 Å². The molecule has 2 nitrogen and oxygen atoms in total. The van der Waals surface area contributed by atoms with Crippen molar-refractivity contribution in [1.82, 2.24) is 4.98 Å². The number of hydrogen-bond acceptors (Lipinski definition) is 2. The fourth-order valence-electron chi connectivity index (χ4n) is 1.52. The second-order valence-electron chi connectivity index (χ2n) is 3.35. The summed E-state index contributed by atoms with van der Waals surface area (Å²) in [7, 11) is 0. The summed E-state index contributed by atoms with van der Waals surface area (Å²) in [5.74, 6) is -6.76. The second kappa shape index (κ2) is 4.45. The fraction of sp³-hybridized carbons (Fsp3) is 0. The van der Waals surface area contributed by atoms with E-state index in [1.54, 1.807) is 6.07 Å². The lowest BCUT2D eigenvalue weighted by atomic mass is 10.0. The zero-order valence-corrected chi connectivity index (χ0v) is 8.72. The number of nitrogens with zero attached hydrogens (tertiary/aromatic N) is 2. The van der Waals surface area contributed by atoms with E-state index in [0.717, 1.165) is 0 Å². The third kappa shape index (κ3) is 1.80. The predicted molar refractivity (Wildman–Crippen MR) is 54.2 cm³/mol. The third-order valence-electron chi connectivity index (χ3n) is 2.31. The van der Waals surface area contributed by atoms with Gasteiger partial charge in [-0.15, -0.1) is 0 Å². The second-order valence-corrected chi connectivity index (χ2v) is 3.35. The standard InChI is InChI=1S/C12H4F4N2/c13-9-8(10(14)12(16)18-11(9)15)7-4-2-1-3-6(7)5-17/h1-4H. The van der Waals surface area contributed by atoms with Crippen molar-refractivity contribution in [1.29, 1.82) is 5.26 Å². The Morgan fingerprint density at radius 2 is 1.50 bits per heavy atom. The molecule has 0 amide bonds. The number of halogens is 4. The first-order chi connectivity index (χ1) is 8.56. The fourth-order valence-corrected chi connectivity index (χ4v) is 1.52. The topological polar surface area (TPSA) is 36.7 Å². The summed E-state index contributed by atoms with van der Waals surface area (Å²) in [5, 5.41) is 8.80. The van der Waals surface area contributed by atoms with Crippen LogP contribution in [0.1, 0.15) is 5.56 Å². The number of hydrogen-bond donors (Lipinski definition) is 0. The molecule has 0 bridgehead atoms.